The van der Waals surface area contributed by atoms with Crippen LogP contribution in [0.25, 0.3) is 0 Å². The second kappa shape index (κ2) is 6.41. The van der Waals surface area contributed by atoms with Crippen molar-refractivity contribution in [2.45, 2.75) is 38.2 Å². The van der Waals surface area contributed by atoms with Crippen LogP contribution in [0.3, 0.4) is 0 Å². The third-order valence-corrected chi connectivity index (χ3v) is 4.61. The average molecular weight is 343 g/mol. The molecule has 0 amide bonds. The van der Waals surface area contributed by atoms with Gasteiger partial charge in [0, 0.05) is 30.9 Å². The van der Waals surface area contributed by atoms with Crippen molar-refractivity contribution in [1.82, 2.24) is 4.98 Å². The molecule has 0 unspecified atom stereocenters. The highest BCUT2D eigenvalue weighted by atomic mass is 79.9. The monoisotopic (exact) mass is 342 g/mol. The molecule has 1 N–H and O–H groups in total. The van der Waals surface area contributed by atoms with Gasteiger partial charge < -0.3 is 14.7 Å². The number of aliphatic hydroxyl groups excluding tert-OH is 1. The Morgan fingerprint density at radius 1 is 1.45 bits per heavy atom. The zero-order chi connectivity index (χ0) is 14.8. The molecule has 112 valence electrons. The van der Waals surface area contributed by atoms with Gasteiger partial charge in [-0.15, -0.1) is 0 Å². The minimum absolute atomic E-state index is 0.0855. The molecule has 1 saturated heterocycles. The van der Waals surface area contributed by atoms with Crippen molar-refractivity contribution in [3.8, 4) is 0 Å². The van der Waals surface area contributed by atoms with E-state index < -0.39 is 0 Å². The molecule has 1 aliphatic rings. The number of nitrogens with zero attached hydrogens (tertiary/aromatic N) is 2. The molecule has 0 bridgehead atoms. The van der Waals surface area contributed by atoms with Crippen LogP contribution < -0.4 is 4.90 Å². The van der Waals surface area contributed by atoms with E-state index in [1.54, 1.807) is 7.11 Å². The van der Waals surface area contributed by atoms with E-state index in [2.05, 4.69) is 45.7 Å². The standard InChI is InChI=1S/C15H23BrN2O2/c1-11(2)13-8-12(16)9-17-14(13)18-6-4-15(10-19,20-3)5-7-18/h8-9,11,19H,4-7,10H2,1-3H3. The lowest BCUT2D eigenvalue weighted by Gasteiger charge is -2.40. The Kier molecular flexibility index (Phi) is 5.04. The van der Waals surface area contributed by atoms with E-state index in [0.717, 1.165) is 36.2 Å². The van der Waals surface area contributed by atoms with Crippen LogP contribution in [-0.2, 0) is 4.74 Å². The van der Waals surface area contributed by atoms with Gasteiger partial charge in [0.15, 0.2) is 0 Å². The molecule has 4 nitrogen and oxygen atoms in total. The van der Waals surface area contributed by atoms with Crippen LogP contribution in [0.5, 0.6) is 0 Å². The Hall–Kier alpha value is -0.650. The Morgan fingerprint density at radius 3 is 2.60 bits per heavy atom. The number of hydrogen-bond acceptors (Lipinski definition) is 4. The van der Waals surface area contributed by atoms with Gasteiger partial charge in [0.05, 0.1) is 12.2 Å². The zero-order valence-corrected chi connectivity index (χ0v) is 14.0. The maximum atomic E-state index is 9.51. The highest BCUT2D eigenvalue weighted by Gasteiger charge is 2.34. The van der Waals surface area contributed by atoms with Crippen molar-refractivity contribution in [3.63, 3.8) is 0 Å². The van der Waals surface area contributed by atoms with Crippen LogP contribution in [0.2, 0.25) is 0 Å². The molecule has 0 atom stereocenters. The maximum absolute atomic E-state index is 9.51. The average Bonchev–Trinajstić information content (AvgIpc) is 2.47. The summed E-state index contributed by atoms with van der Waals surface area (Å²) in [7, 11) is 1.68. The van der Waals surface area contributed by atoms with Crippen molar-refractivity contribution < 1.29 is 9.84 Å². The SMILES string of the molecule is COC1(CO)CCN(c2ncc(Br)cc2C(C)C)CC1. The molecule has 2 rings (SSSR count). The number of piperidine rings is 1. The van der Waals surface area contributed by atoms with Gasteiger partial charge in [-0.05, 0) is 46.3 Å². The zero-order valence-electron chi connectivity index (χ0n) is 12.4. The fourth-order valence-electron chi connectivity index (χ4n) is 2.69. The fraction of sp³-hybridized carbons (Fsp3) is 0.667. The molecule has 1 aromatic heterocycles. The van der Waals surface area contributed by atoms with Gasteiger partial charge in [-0.3, -0.25) is 0 Å². The predicted octanol–water partition coefficient (Wildman–Crippen LogP) is 2.95. The fourth-order valence-corrected chi connectivity index (χ4v) is 3.04. The molecule has 0 aliphatic carbocycles. The van der Waals surface area contributed by atoms with Crippen LogP contribution in [-0.4, -0.2) is 42.5 Å². The van der Waals surface area contributed by atoms with Gasteiger partial charge in [-0.25, -0.2) is 4.98 Å². The second-order valence-corrected chi connectivity index (χ2v) is 6.67. The lowest BCUT2D eigenvalue weighted by Crippen LogP contribution is -2.48. The summed E-state index contributed by atoms with van der Waals surface area (Å²) in [4.78, 5) is 6.90. The van der Waals surface area contributed by atoms with E-state index in [4.69, 9.17) is 4.74 Å². The molecule has 1 aliphatic heterocycles. The quantitative estimate of drug-likeness (QED) is 0.913. The third kappa shape index (κ3) is 3.15. The molecule has 1 fully saturated rings. The molecule has 1 aromatic rings. The Bertz CT molecular complexity index is 451. The van der Waals surface area contributed by atoms with Crippen molar-refractivity contribution in [2.75, 3.05) is 31.7 Å². The molecule has 2 heterocycles. The number of methoxy groups -OCH3 is 1. The summed E-state index contributed by atoms with van der Waals surface area (Å²) in [6, 6.07) is 2.15. The first-order valence-electron chi connectivity index (χ1n) is 7.08. The topological polar surface area (TPSA) is 45.6 Å². The molecule has 20 heavy (non-hydrogen) atoms. The number of pyridine rings is 1. The molecule has 5 heteroatoms. The maximum Gasteiger partial charge on any atom is 0.132 e. The Morgan fingerprint density at radius 2 is 2.10 bits per heavy atom. The Labute approximate surface area is 129 Å². The first kappa shape index (κ1) is 15.7. The van der Waals surface area contributed by atoms with E-state index >= 15 is 0 Å². The number of anilines is 1. The van der Waals surface area contributed by atoms with E-state index in [-0.39, 0.29) is 12.2 Å². The third-order valence-electron chi connectivity index (χ3n) is 4.18. The summed E-state index contributed by atoms with van der Waals surface area (Å²) in [6.07, 6.45) is 3.51. The van der Waals surface area contributed by atoms with Crippen LogP contribution in [0.4, 0.5) is 5.82 Å². The van der Waals surface area contributed by atoms with Crippen LogP contribution in [0.15, 0.2) is 16.7 Å². The highest BCUT2D eigenvalue weighted by Crippen LogP contribution is 2.33. The highest BCUT2D eigenvalue weighted by molar-refractivity contribution is 9.10. The van der Waals surface area contributed by atoms with E-state index in [1.807, 2.05) is 6.20 Å². The number of aliphatic hydroxyl groups is 1. The van der Waals surface area contributed by atoms with E-state index in [0.29, 0.717) is 5.92 Å². The number of rotatable bonds is 4. The van der Waals surface area contributed by atoms with Crippen LogP contribution >= 0.6 is 15.9 Å². The largest absolute Gasteiger partial charge is 0.393 e. The normalized spacial score (nSPS) is 18.6. The predicted molar refractivity (Wildman–Crippen MR) is 84.3 cm³/mol. The number of hydrogen-bond donors (Lipinski definition) is 1. The molecular weight excluding hydrogens is 320 g/mol. The smallest absolute Gasteiger partial charge is 0.132 e. The minimum atomic E-state index is -0.371. The summed E-state index contributed by atoms with van der Waals surface area (Å²) in [6.45, 7) is 6.18. The van der Waals surface area contributed by atoms with Crippen LogP contribution in [0.1, 0.15) is 38.2 Å². The van der Waals surface area contributed by atoms with Gasteiger partial charge >= 0.3 is 0 Å². The summed E-state index contributed by atoms with van der Waals surface area (Å²) in [5.41, 5.74) is 0.887. The Balaban J connectivity index is 2.18. The number of halogens is 1. The van der Waals surface area contributed by atoms with E-state index in [9.17, 15) is 5.11 Å². The lowest BCUT2D eigenvalue weighted by molar-refractivity contribution is -0.0673. The first-order valence-corrected chi connectivity index (χ1v) is 7.87. The molecule has 0 aromatic carbocycles. The van der Waals surface area contributed by atoms with Crippen LogP contribution in [0, 0.1) is 0 Å². The van der Waals surface area contributed by atoms with Gasteiger partial charge in [0.1, 0.15) is 5.82 Å². The summed E-state index contributed by atoms with van der Waals surface area (Å²) < 4.78 is 6.52. The van der Waals surface area contributed by atoms with Gasteiger partial charge in [0.25, 0.3) is 0 Å². The van der Waals surface area contributed by atoms with Gasteiger partial charge in [-0.1, -0.05) is 13.8 Å². The first-order chi connectivity index (χ1) is 9.51. The van der Waals surface area contributed by atoms with Gasteiger partial charge in [0.2, 0.25) is 0 Å². The summed E-state index contributed by atoms with van der Waals surface area (Å²) in [5, 5.41) is 9.51. The lowest BCUT2D eigenvalue weighted by atomic mass is 9.91. The summed E-state index contributed by atoms with van der Waals surface area (Å²) >= 11 is 3.50. The van der Waals surface area contributed by atoms with Crippen molar-refractivity contribution in [2.24, 2.45) is 0 Å². The van der Waals surface area contributed by atoms with Crippen molar-refractivity contribution >= 4 is 21.7 Å². The second-order valence-electron chi connectivity index (χ2n) is 5.75. The number of aromatic nitrogens is 1. The van der Waals surface area contributed by atoms with Crippen molar-refractivity contribution in [3.05, 3.63) is 22.3 Å². The molecule has 0 spiro atoms. The molecular formula is C15H23BrN2O2. The minimum Gasteiger partial charge on any atom is -0.393 e. The number of ether oxygens (including phenoxy) is 1. The molecule has 0 saturated carbocycles. The summed E-state index contributed by atoms with van der Waals surface area (Å²) in [5.74, 6) is 1.49. The molecule has 0 radical (unpaired) electrons. The van der Waals surface area contributed by atoms with Crippen molar-refractivity contribution in [1.29, 1.82) is 0 Å². The van der Waals surface area contributed by atoms with Gasteiger partial charge in [-0.2, -0.15) is 0 Å². The van der Waals surface area contributed by atoms with E-state index in [1.165, 1.54) is 5.56 Å².